The Hall–Kier alpha value is -4.56. The van der Waals surface area contributed by atoms with E-state index in [1.165, 1.54) is 0 Å². The smallest absolute Gasteiger partial charge is 0.259 e. The van der Waals surface area contributed by atoms with Gasteiger partial charge in [0.2, 0.25) is 17.8 Å². The van der Waals surface area contributed by atoms with Gasteiger partial charge in [-0.3, -0.25) is 4.79 Å². The van der Waals surface area contributed by atoms with Crippen LogP contribution in [0.4, 0.5) is 29.2 Å². The standard InChI is InChI=1S/C30H37N11O2/c31-13-22-11-18(33)15-40(22)29-37-28(38-30(39-29)41-16-19(34)12-23(41)14-32)36-21-8-6-20(7-9-21)35-27(43)25-10-5-17-3-1-2-4-24(17)26(25)42/h1-10,18-19,22-23,42H,11-16,31-34H2,(H,35,43)(H,36,37,38,39)/t18-,19+,22-,23+. The first-order valence-corrected chi connectivity index (χ1v) is 14.4. The quantitative estimate of drug-likeness (QED) is 0.157. The summed E-state index contributed by atoms with van der Waals surface area (Å²) in [6.07, 6.45) is 1.51. The zero-order valence-electron chi connectivity index (χ0n) is 23.7. The molecule has 0 aliphatic carbocycles. The fourth-order valence-electron chi connectivity index (χ4n) is 5.91. The van der Waals surface area contributed by atoms with Crippen molar-refractivity contribution in [3.63, 3.8) is 0 Å². The lowest BCUT2D eigenvalue weighted by molar-refractivity contribution is 0.102. The molecule has 2 aliphatic heterocycles. The second-order valence-corrected chi connectivity index (χ2v) is 11.2. The highest BCUT2D eigenvalue weighted by atomic mass is 16.3. The molecule has 6 rings (SSSR count). The number of nitrogens with zero attached hydrogens (tertiary/aromatic N) is 5. The van der Waals surface area contributed by atoms with Crippen molar-refractivity contribution in [2.45, 2.75) is 37.0 Å². The number of phenolic OH excluding ortho intramolecular Hbond substituents is 1. The summed E-state index contributed by atoms with van der Waals surface area (Å²) in [7, 11) is 0. The molecule has 0 bridgehead atoms. The van der Waals surface area contributed by atoms with Crippen LogP contribution >= 0.6 is 0 Å². The summed E-state index contributed by atoms with van der Waals surface area (Å²) >= 11 is 0. The van der Waals surface area contributed by atoms with Crippen LogP contribution in [0.1, 0.15) is 23.2 Å². The summed E-state index contributed by atoms with van der Waals surface area (Å²) in [5.74, 6) is 0.872. The number of benzene rings is 3. The number of amides is 1. The third kappa shape index (κ3) is 5.88. The van der Waals surface area contributed by atoms with E-state index >= 15 is 0 Å². The van der Waals surface area contributed by atoms with Crippen LogP contribution in [0.5, 0.6) is 5.75 Å². The number of carbonyl (C=O) groups is 1. The number of rotatable bonds is 8. The molecule has 3 heterocycles. The molecule has 43 heavy (non-hydrogen) atoms. The SMILES string of the molecule is NC[C@@H]1C[C@H](N)CN1c1nc(Nc2ccc(NC(=O)c3ccc4ccccc4c3O)cc2)nc(N2C[C@H](N)C[C@@H]2CN)n1. The van der Waals surface area contributed by atoms with Crippen molar-refractivity contribution in [2.75, 3.05) is 46.6 Å². The van der Waals surface area contributed by atoms with Gasteiger partial charge in [0.05, 0.1) is 5.56 Å². The molecule has 0 spiro atoms. The van der Waals surface area contributed by atoms with E-state index in [-0.39, 0.29) is 35.5 Å². The van der Waals surface area contributed by atoms with Crippen LogP contribution in [0.25, 0.3) is 10.8 Å². The number of nitrogens with one attached hydrogen (secondary N) is 2. The first kappa shape index (κ1) is 28.6. The fourth-order valence-corrected chi connectivity index (χ4v) is 5.91. The molecular weight excluding hydrogens is 546 g/mol. The molecular formula is C30H37N11O2. The molecule has 3 aromatic carbocycles. The molecule has 0 unspecified atom stereocenters. The monoisotopic (exact) mass is 583 g/mol. The van der Waals surface area contributed by atoms with E-state index in [1.807, 2.05) is 46.2 Å². The molecule has 2 aliphatic rings. The molecule has 13 nitrogen and oxygen atoms in total. The Morgan fingerprint density at radius 1 is 0.814 bits per heavy atom. The topological polar surface area (TPSA) is 211 Å². The lowest BCUT2D eigenvalue weighted by atomic mass is 10.0. The van der Waals surface area contributed by atoms with Crippen molar-refractivity contribution < 1.29 is 9.90 Å². The van der Waals surface area contributed by atoms with Gasteiger partial charge in [0, 0.05) is 67.1 Å². The van der Waals surface area contributed by atoms with E-state index < -0.39 is 5.91 Å². The molecule has 0 radical (unpaired) electrons. The van der Waals surface area contributed by atoms with Gasteiger partial charge < -0.3 is 48.5 Å². The van der Waals surface area contributed by atoms with E-state index in [1.54, 1.807) is 24.3 Å². The van der Waals surface area contributed by atoms with Gasteiger partial charge in [-0.05, 0) is 48.6 Å². The van der Waals surface area contributed by atoms with Crippen LogP contribution in [0.15, 0.2) is 60.7 Å². The van der Waals surface area contributed by atoms with Crippen LogP contribution in [0.2, 0.25) is 0 Å². The predicted molar refractivity (Wildman–Crippen MR) is 169 cm³/mol. The molecule has 4 atom stereocenters. The second kappa shape index (κ2) is 12.0. The van der Waals surface area contributed by atoms with Gasteiger partial charge in [0.1, 0.15) is 5.75 Å². The Balaban J connectivity index is 1.23. The highest BCUT2D eigenvalue weighted by Gasteiger charge is 2.35. The molecule has 2 saturated heterocycles. The van der Waals surface area contributed by atoms with Crippen LogP contribution in [0, 0.1) is 0 Å². The van der Waals surface area contributed by atoms with Gasteiger partial charge in [-0.2, -0.15) is 15.0 Å². The zero-order valence-corrected chi connectivity index (χ0v) is 23.7. The van der Waals surface area contributed by atoms with E-state index in [2.05, 4.69) is 10.6 Å². The number of nitrogens with two attached hydrogens (primary N) is 4. The number of aromatic hydroxyl groups is 1. The third-order valence-electron chi connectivity index (χ3n) is 8.11. The van der Waals surface area contributed by atoms with E-state index in [4.69, 9.17) is 37.9 Å². The fraction of sp³-hybridized carbons (Fsp3) is 0.333. The summed E-state index contributed by atoms with van der Waals surface area (Å²) in [6.45, 7) is 2.04. The summed E-state index contributed by atoms with van der Waals surface area (Å²) in [4.78, 5) is 31.3. The van der Waals surface area contributed by atoms with Crippen molar-refractivity contribution in [3.05, 3.63) is 66.2 Å². The number of phenols is 1. The Kier molecular flexibility index (Phi) is 7.95. The largest absolute Gasteiger partial charge is 0.506 e. The van der Waals surface area contributed by atoms with Crippen molar-refractivity contribution >= 4 is 45.9 Å². The molecule has 13 heteroatoms. The minimum Gasteiger partial charge on any atom is -0.506 e. The number of carbonyl (C=O) groups excluding carboxylic acids is 1. The summed E-state index contributed by atoms with van der Waals surface area (Å²) in [5, 5.41) is 18.3. The van der Waals surface area contributed by atoms with Crippen molar-refractivity contribution in [1.82, 2.24) is 15.0 Å². The average Bonchev–Trinajstić information content (AvgIpc) is 3.59. The van der Waals surface area contributed by atoms with Crippen LogP contribution < -0.4 is 43.4 Å². The van der Waals surface area contributed by atoms with Crippen LogP contribution in [0.3, 0.4) is 0 Å². The Morgan fingerprint density at radius 3 is 2.00 bits per heavy atom. The first-order chi connectivity index (χ1) is 20.8. The van der Waals surface area contributed by atoms with Gasteiger partial charge in [0.25, 0.3) is 5.91 Å². The minimum absolute atomic E-state index is 0.0224. The van der Waals surface area contributed by atoms with Gasteiger partial charge in [-0.15, -0.1) is 0 Å². The predicted octanol–water partition coefficient (Wildman–Crippen LogP) is 1.46. The van der Waals surface area contributed by atoms with Gasteiger partial charge in [0.15, 0.2) is 0 Å². The molecule has 1 amide bonds. The van der Waals surface area contributed by atoms with Gasteiger partial charge in [-0.1, -0.05) is 30.3 Å². The van der Waals surface area contributed by atoms with Gasteiger partial charge in [-0.25, -0.2) is 0 Å². The average molecular weight is 584 g/mol. The minimum atomic E-state index is -0.410. The van der Waals surface area contributed by atoms with Crippen LogP contribution in [-0.4, -0.2) is 76.3 Å². The van der Waals surface area contributed by atoms with Crippen molar-refractivity contribution in [2.24, 2.45) is 22.9 Å². The molecule has 4 aromatic rings. The first-order valence-electron chi connectivity index (χ1n) is 14.4. The second-order valence-electron chi connectivity index (χ2n) is 11.2. The molecule has 1 aromatic heterocycles. The summed E-state index contributed by atoms with van der Waals surface area (Å²) in [5.41, 5.74) is 26.1. The maximum atomic E-state index is 13.0. The normalized spacial score (nSPS) is 21.9. The number of fused-ring (bicyclic) bond motifs is 1. The maximum Gasteiger partial charge on any atom is 0.259 e. The zero-order chi connectivity index (χ0) is 30.1. The van der Waals surface area contributed by atoms with Gasteiger partial charge >= 0.3 is 0 Å². The number of hydrogen-bond donors (Lipinski definition) is 7. The Labute approximate surface area is 249 Å². The van der Waals surface area contributed by atoms with Crippen molar-refractivity contribution in [1.29, 1.82) is 0 Å². The number of aromatic nitrogens is 3. The summed E-state index contributed by atoms with van der Waals surface area (Å²) in [6, 6.07) is 17.9. The Bertz CT molecular complexity index is 1570. The van der Waals surface area contributed by atoms with Crippen LogP contribution in [-0.2, 0) is 0 Å². The third-order valence-corrected chi connectivity index (χ3v) is 8.11. The van der Waals surface area contributed by atoms with Crippen molar-refractivity contribution in [3.8, 4) is 5.75 Å². The number of hydrogen-bond acceptors (Lipinski definition) is 12. The van der Waals surface area contributed by atoms with E-state index in [0.717, 1.165) is 18.2 Å². The Morgan fingerprint density at radius 2 is 1.40 bits per heavy atom. The maximum absolute atomic E-state index is 13.0. The highest BCUT2D eigenvalue weighted by molar-refractivity contribution is 6.09. The summed E-state index contributed by atoms with van der Waals surface area (Å²) < 4.78 is 0. The lowest BCUT2D eigenvalue weighted by Gasteiger charge is -2.27. The molecule has 0 saturated carbocycles. The van der Waals surface area contributed by atoms with E-state index in [0.29, 0.717) is 60.8 Å². The number of anilines is 5. The lowest BCUT2D eigenvalue weighted by Crippen LogP contribution is -2.39. The van der Waals surface area contributed by atoms with E-state index in [9.17, 15) is 9.90 Å². The molecule has 2 fully saturated rings. The molecule has 11 N–H and O–H groups in total. The highest BCUT2D eigenvalue weighted by Crippen LogP contribution is 2.31. The molecule has 224 valence electrons.